The number of aliphatic hydroxyl groups is 1. The molecule has 0 fully saturated rings. The van der Waals surface area contributed by atoms with E-state index in [-0.39, 0.29) is 31.4 Å². The Balaban J connectivity index is 1.54. The first-order valence-electron chi connectivity index (χ1n) is 9.60. The minimum atomic E-state index is -0.447. The number of carbonyl (C=O) groups excluding carboxylic acids is 1. The predicted molar refractivity (Wildman–Crippen MR) is 114 cm³/mol. The van der Waals surface area contributed by atoms with Gasteiger partial charge in [0.25, 0.3) is 11.5 Å². The van der Waals surface area contributed by atoms with Crippen LogP contribution >= 0.6 is 11.3 Å². The first-order valence-corrected chi connectivity index (χ1v) is 10.5. The van der Waals surface area contributed by atoms with Crippen LogP contribution in [-0.2, 0) is 6.42 Å². The minimum absolute atomic E-state index is 0.0482. The number of benzene rings is 1. The number of nitrogens with one attached hydrogen (secondary N) is 1. The van der Waals surface area contributed by atoms with Crippen molar-refractivity contribution < 1.29 is 19.4 Å². The summed E-state index contributed by atoms with van der Waals surface area (Å²) in [5, 5.41) is 14.4. The van der Waals surface area contributed by atoms with Crippen molar-refractivity contribution in [3.63, 3.8) is 0 Å². The molecule has 1 aromatic carbocycles. The number of fused-ring (bicyclic) bond motifs is 1. The van der Waals surface area contributed by atoms with Crippen LogP contribution in [0.3, 0.4) is 0 Å². The van der Waals surface area contributed by atoms with Crippen LogP contribution in [0.4, 0.5) is 0 Å². The number of nitrogens with zero attached hydrogens (tertiary/aromatic N) is 1. The number of ether oxygens (including phenoxy) is 2. The summed E-state index contributed by atoms with van der Waals surface area (Å²) >= 11 is 1.61. The van der Waals surface area contributed by atoms with Gasteiger partial charge in [-0.25, -0.2) is 0 Å². The Bertz CT molecular complexity index is 1110. The smallest absolute Gasteiger partial charge is 0.268 e. The van der Waals surface area contributed by atoms with Gasteiger partial charge in [0.2, 0.25) is 6.79 Å². The van der Waals surface area contributed by atoms with Gasteiger partial charge in [0.1, 0.15) is 5.56 Å². The zero-order valence-corrected chi connectivity index (χ0v) is 17.3. The fourth-order valence-electron chi connectivity index (χ4n) is 3.38. The number of aliphatic hydroxyl groups excluding tert-OH is 1. The Hall–Kier alpha value is -3.10. The van der Waals surface area contributed by atoms with Gasteiger partial charge in [-0.2, -0.15) is 0 Å². The van der Waals surface area contributed by atoms with Gasteiger partial charge in [-0.1, -0.05) is 6.07 Å². The van der Waals surface area contributed by atoms with Gasteiger partial charge in [0.05, 0.1) is 5.69 Å². The molecule has 0 bridgehead atoms. The van der Waals surface area contributed by atoms with E-state index < -0.39 is 11.5 Å². The molecule has 1 aliphatic rings. The lowest BCUT2D eigenvalue weighted by atomic mass is 10.0. The Morgan fingerprint density at radius 2 is 2.10 bits per heavy atom. The van der Waals surface area contributed by atoms with E-state index in [0.29, 0.717) is 29.2 Å². The summed E-state index contributed by atoms with van der Waals surface area (Å²) in [4.78, 5) is 27.1. The van der Waals surface area contributed by atoms with Crippen LogP contribution in [0.1, 0.15) is 20.8 Å². The molecule has 0 radical (unpaired) electrons. The highest BCUT2D eigenvalue weighted by Gasteiger charge is 2.20. The van der Waals surface area contributed by atoms with E-state index in [2.05, 4.69) is 5.32 Å². The van der Waals surface area contributed by atoms with Crippen LogP contribution < -0.4 is 20.3 Å². The largest absolute Gasteiger partial charge is 0.454 e. The van der Waals surface area contributed by atoms with E-state index in [0.717, 1.165) is 4.88 Å². The van der Waals surface area contributed by atoms with E-state index >= 15 is 0 Å². The summed E-state index contributed by atoms with van der Waals surface area (Å²) in [5.41, 5.74) is 0.852. The third kappa shape index (κ3) is 4.10. The van der Waals surface area contributed by atoms with Crippen molar-refractivity contribution in [2.75, 3.05) is 19.9 Å². The van der Waals surface area contributed by atoms with E-state index in [9.17, 15) is 14.7 Å². The average molecular weight is 426 g/mol. The van der Waals surface area contributed by atoms with Gasteiger partial charge in [0.15, 0.2) is 11.5 Å². The Labute approximate surface area is 177 Å². The molecule has 1 aliphatic heterocycles. The predicted octanol–water partition coefficient (Wildman–Crippen LogP) is 2.52. The maximum Gasteiger partial charge on any atom is 0.268 e. The monoisotopic (exact) mass is 426 g/mol. The number of aromatic nitrogens is 1. The molecule has 0 saturated heterocycles. The van der Waals surface area contributed by atoms with Gasteiger partial charge in [-0.15, -0.1) is 11.3 Å². The topological polar surface area (TPSA) is 89.8 Å². The quantitative estimate of drug-likeness (QED) is 0.606. The van der Waals surface area contributed by atoms with Crippen molar-refractivity contribution in [2.24, 2.45) is 5.92 Å². The van der Waals surface area contributed by atoms with Gasteiger partial charge in [0, 0.05) is 36.2 Å². The van der Waals surface area contributed by atoms with E-state index in [1.54, 1.807) is 48.7 Å². The molecule has 3 aromatic rings. The second kappa shape index (κ2) is 8.73. The molecule has 156 valence electrons. The van der Waals surface area contributed by atoms with Crippen molar-refractivity contribution in [3.05, 3.63) is 74.3 Å². The summed E-state index contributed by atoms with van der Waals surface area (Å²) < 4.78 is 12.1. The molecule has 8 heteroatoms. The van der Waals surface area contributed by atoms with Crippen molar-refractivity contribution in [1.29, 1.82) is 0 Å². The zero-order valence-electron chi connectivity index (χ0n) is 16.5. The molecule has 2 N–H and O–H groups in total. The van der Waals surface area contributed by atoms with E-state index in [1.165, 1.54) is 4.57 Å². The molecule has 1 unspecified atom stereocenters. The molecule has 0 saturated carbocycles. The summed E-state index contributed by atoms with van der Waals surface area (Å²) in [6.07, 6.45) is 2.31. The second-order valence-electron chi connectivity index (χ2n) is 7.13. The lowest BCUT2D eigenvalue weighted by Gasteiger charge is -2.15. The molecule has 30 heavy (non-hydrogen) atoms. The van der Waals surface area contributed by atoms with Crippen LogP contribution in [0.15, 0.2) is 52.8 Å². The average Bonchev–Trinajstić information content (AvgIpc) is 3.42. The highest BCUT2D eigenvalue weighted by atomic mass is 32.1. The Kier molecular flexibility index (Phi) is 5.87. The van der Waals surface area contributed by atoms with Crippen molar-refractivity contribution >= 4 is 17.2 Å². The molecule has 0 aliphatic carbocycles. The zero-order chi connectivity index (χ0) is 21.1. The number of amides is 1. The summed E-state index contributed by atoms with van der Waals surface area (Å²) in [5.74, 6) is 0.618. The number of pyridine rings is 1. The molecule has 3 heterocycles. The first kappa shape index (κ1) is 20.2. The molecular formula is C22H22N2O5S. The van der Waals surface area contributed by atoms with Crippen LogP contribution in [0.5, 0.6) is 11.5 Å². The fourth-order valence-corrected chi connectivity index (χ4v) is 4.20. The van der Waals surface area contributed by atoms with E-state index in [4.69, 9.17) is 9.47 Å². The molecule has 1 amide bonds. The van der Waals surface area contributed by atoms with Gasteiger partial charge < -0.3 is 19.9 Å². The van der Waals surface area contributed by atoms with Crippen molar-refractivity contribution in [1.82, 2.24) is 9.88 Å². The third-order valence-electron chi connectivity index (χ3n) is 5.04. The standard InChI is InChI=1S/C22H22N2O5S/c1-14-6-7-24(16-4-5-18-19(10-16)29-13-28-18)22(27)20(14)21(26)23-11-15(12-25)9-17-3-2-8-30-17/h2-8,10,15,25H,9,11-13H2,1H3,(H,23,26). The summed E-state index contributed by atoms with van der Waals surface area (Å²) in [7, 11) is 0. The van der Waals surface area contributed by atoms with Crippen molar-refractivity contribution in [3.8, 4) is 17.2 Å². The van der Waals surface area contributed by atoms with Gasteiger partial charge >= 0.3 is 0 Å². The SMILES string of the molecule is Cc1ccn(-c2ccc3c(c2)OCO3)c(=O)c1C(=O)NCC(CO)Cc1cccs1. The highest BCUT2D eigenvalue weighted by Crippen LogP contribution is 2.33. The van der Waals surface area contributed by atoms with E-state index in [1.807, 2.05) is 17.5 Å². The second-order valence-corrected chi connectivity index (χ2v) is 8.16. The molecular weight excluding hydrogens is 404 g/mol. The normalized spacial score (nSPS) is 13.3. The van der Waals surface area contributed by atoms with Crippen LogP contribution in [0, 0.1) is 12.8 Å². The van der Waals surface area contributed by atoms with Gasteiger partial charge in [-0.05, 0) is 48.6 Å². The maximum atomic E-state index is 13.1. The number of aryl methyl sites for hydroxylation is 1. The van der Waals surface area contributed by atoms with Crippen LogP contribution in [0.25, 0.3) is 5.69 Å². The molecule has 2 aromatic heterocycles. The fraction of sp³-hybridized carbons (Fsp3) is 0.273. The molecule has 0 spiro atoms. The van der Waals surface area contributed by atoms with Crippen LogP contribution in [0.2, 0.25) is 0 Å². The molecule has 7 nitrogen and oxygen atoms in total. The van der Waals surface area contributed by atoms with Gasteiger partial charge in [-0.3, -0.25) is 14.2 Å². The Morgan fingerprint density at radius 1 is 1.27 bits per heavy atom. The lowest BCUT2D eigenvalue weighted by Crippen LogP contribution is -2.37. The first-order chi connectivity index (χ1) is 14.6. The molecule has 1 atom stereocenters. The summed E-state index contributed by atoms with van der Waals surface area (Å²) in [6.45, 7) is 2.11. The highest BCUT2D eigenvalue weighted by molar-refractivity contribution is 7.09. The number of thiophene rings is 1. The third-order valence-corrected chi connectivity index (χ3v) is 5.94. The number of rotatable bonds is 7. The lowest BCUT2D eigenvalue weighted by molar-refractivity contribution is 0.0937. The number of carbonyl (C=O) groups is 1. The minimum Gasteiger partial charge on any atom is -0.454 e. The van der Waals surface area contributed by atoms with Crippen LogP contribution in [-0.4, -0.2) is 35.5 Å². The number of hydrogen-bond acceptors (Lipinski definition) is 6. The number of hydrogen-bond donors (Lipinski definition) is 2. The molecule has 4 rings (SSSR count). The van der Waals surface area contributed by atoms with Crippen molar-refractivity contribution in [2.45, 2.75) is 13.3 Å². The Morgan fingerprint density at radius 3 is 2.87 bits per heavy atom. The maximum absolute atomic E-state index is 13.1. The summed E-state index contributed by atoms with van der Waals surface area (Å²) in [6, 6.07) is 10.9.